The zero-order valence-corrected chi connectivity index (χ0v) is 33.7. The highest BCUT2D eigenvalue weighted by Crippen LogP contribution is 2.63. The van der Waals surface area contributed by atoms with Gasteiger partial charge in [-0.05, 0) is 92.0 Å². The molecular formula is C58H38N4. The molecule has 4 heteroatoms. The molecule has 10 aromatic rings. The van der Waals surface area contributed by atoms with Crippen molar-refractivity contribution in [1.82, 2.24) is 15.0 Å². The van der Waals surface area contributed by atoms with Crippen LogP contribution < -0.4 is 4.90 Å². The second kappa shape index (κ2) is 14.5. The van der Waals surface area contributed by atoms with Gasteiger partial charge in [0, 0.05) is 22.4 Å². The molecule has 0 N–H and O–H groups in total. The number of benzene rings is 9. The maximum Gasteiger partial charge on any atom is 0.164 e. The van der Waals surface area contributed by atoms with E-state index in [1.807, 2.05) is 60.7 Å². The third-order valence-corrected chi connectivity index (χ3v) is 12.5. The predicted molar refractivity (Wildman–Crippen MR) is 253 cm³/mol. The van der Waals surface area contributed by atoms with E-state index in [1.54, 1.807) is 0 Å². The largest absolute Gasteiger partial charge is 0.310 e. The first-order valence-corrected chi connectivity index (χ1v) is 21.1. The van der Waals surface area contributed by atoms with Crippen LogP contribution in [0.15, 0.2) is 231 Å². The van der Waals surface area contributed by atoms with E-state index in [9.17, 15) is 0 Å². The van der Waals surface area contributed by atoms with Crippen molar-refractivity contribution in [2.24, 2.45) is 0 Å². The Balaban J connectivity index is 0.999. The van der Waals surface area contributed by atoms with Gasteiger partial charge >= 0.3 is 0 Å². The van der Waals surface area contributed by atoms with Gasteiger partial charge in [-0.2, -0.15) is 0 Å². The summed E-state index contributed by atoms with van der Waals surface area (Å²) >= 11 is 0. The molecule has 0 atom stereocenters. The van der Waals surface area contributed by atoms with Crippen molar-refractivity contribution in [3.05, 3.63) is 253 Å². The lowest BCUT2D eigenvalue weighted by atomic mass is 9.64. The molecule has 1 spiro atoms. The molecule has 12 rings (SSSR count). The number of hydrogen-bond acceptors (Lipinski definition) is 4. The van der Waals surface area contributed by atoms with Crippen LogP contribution in [0.3, 0.4) is 0 Å². The van der Waals surface area contributed by atoms with E-state index in [0.29, 0.717) is 17.5 Å². The third kappa shape index (κ3) is 5.58. The Morgan fingerprint density at radius 2 is 0.726 bits per heavy atom. The Morgan fingerprint density at radius 3 is 1.37 bits per heavy atom. The summed E-state index contributed by atoms with van der Waals surface area (Å²) in [5.41, 5.74) is 18.0. The molecule has 1 aliphatic carbocycles. The Morgan fingerprint density at radius 1 is 0.274 bits per heavy atom. The lowest BCUT2D eigenvalue weighted by Crippen LogP contribution is -2.36. The zero-order valence-electron chi connectivity index (χ0n) is 33.7. The fourth-order valence-electron chi connectivity index (χ4n) is 9.87. The van der Waals surface area contributed by atoms with Gasteiger partial charge in [0.1, 0.15) is 0 Å². The van der Waals surface area contributed by atoms with Gasteiger partial charge in [0.05, 0.1) is 16.8 Å². The molecule has 0 saturated heterocycles. The molecule has 290 valence electrons. The smallest absolute Gasteiger partial charge is 0.164 e. The van der Waals surface area contributed by atoms with Gasteiger partial charge < -0.3 is 4.90 Å². The quantitative estimate of drug-likeness (QED) is 0.168. The molecule has 0 radical (unpaired) electrons. The first-order chi connectivity index (χ1) is 30.8. The highest BCUT2D eigenvalue weighted by atomic mass is 15.2. The van der Waals surface area contributed by atoms with Crippen LogP contribution in [-0.4, -0.2) is 15.0 Å². The molecule has 2 heterocycles. The van der Waals surface area contributed by atoms with Crippen molar-refractivity contribution in [2.45, 2.75) is 5.41 Å². The van der Waals surface area contributed by atoms with Crippen molar-refractivity contribution >= 4 is 17.1 Å². The summed E-state index contributed by atoms with van der Waals surface area (Å²) in [5, 5.41) is 0. The van der Waals surface area contributed by atoms with E-state index < -0.39 is 5.41 Å². The van der Waals surface area contributed by atoms with E-state index >= 15 is 0 Å². The summed E-state index contributed by atoms with van der Waals surface area (Å²) < 4.78 is 0. The number of rotatable bonds is 6. The van der Waals surface area contributed by atoms with E-state index in [0.717, 1.165) is 44.6 Å². The number of nitrogens with zero attached hydrogens (tertiary/aromatic N) is 4. The van der Waals surface area contributed by atoms with Gasteiger partial charge in [0.25, 0.3) is 0 Å². The molecule has 0 saturated carbocycles. The maximum atomic E-state index is 5.10. The lowest BCUT2D eigenvalue weighted by Gasteiger charge is -2.45. The molecular weight excluding hydrogens is 753 g/mol. The first-order valence-electron chi connectivity index (χ1n) is 21.1. The van der Waals surface area contributed by atoms with Gasteiger partial charge in [0.15, 0.2) is 17.5 Å². The lowest BCUT2D eigenvalue weighted by molar-refractivity contribution is 0.753. The summed E-state index contributed by atoms with van der Waals surface area (Å²) in [7, 11) is 0. The highest BCUT2D eigenvalue weighted by Gasteiger charge is 2.51. The van der Waals surface area contributed by atoms with Gasteiger partial charge in [-0.15, -0.1) is 0 Å². The fourth-order valence-corrected chi connectivity index (χ4v) is 9.87. The first kappa shape index (κ1) is 35.7. The van der Waals surface area contributed by atoms with Crippen LogP contribution >= 0.6 is 0 Å². The second-order valence-electron chi connectivity index (χ2n) is 15.9. The SMILES string of the molecule is c1ccc(-c2nc(-c3ccccc3)nc(-c3ccccc3-c3cccc(-c4ccc5c(c4)-c4ccccc4C54c5ccccc5N(c5ccccc5)c5ccccc54)c3)n2)cc1. The van der Waals surface area contributed by atoms with Crippen LogP contribution in [0.1, 0.15) is 22.3 Å². The Hall–Kier alpha value is -8.21. The average Bonchev–Trinajstić information content (AvgIpc) is 3.65. The van der Waals surface area contributed by atoms with Crippen LogP contribution in [0.4, 0.5) is 17.1 Å². The van der Waals surface area contributed by atoms with Crippen molar-refractivity contribution in [3.8, 4) is 67.5 Å². The minimum Gasteiger partial charge on any atom is -0.310 e. The van der Waals surface area contributed by atoms with Crippen LogP contribution in [-0.2, 0) is 5.41 Å². The Labute approximate surface area is 361 Å². The summed E-state index contributed by atoms with van der Waals surface area (Å²) in [6.45, 7) is 0. The molecule has 2 aliphatic rings. The molecule has 9 aromatic carbocycles. The monoisotopic (exact) mass is 790 g/mol. The minimum absolute atomic E-state index is 0.495. The number of anilines is 3. The molecule has 1 aromatic heterocycles. The highest BCUT2D eigenvalue weighted by molar-refractivity contribution is 5.97. The molecule has 0 fully saturated rings. The van der Waals surface area contributed by atoms with Crippen LogP contribution in [0.25, 0.3) is 67.5 Å². The van der Waals surface area contributed by atoms with Gasteiger partial charge in [-0.1, -0.05) is 194 Å². The van der Waals surface area contributed by atoms with Crippen molar-refractivity contribution < 1.29 is 0 Å². The van der Waals surface area contributed by atoms with E-state index in [2.05, 4.69) is 175 Å². The topological polar surface area (TPSA) is 41.9 Å². The van der Waals surface area contributed by atoms with E-state index in [1.165, 1.54) is 44.8 Å². The van der Waals surface area contributed by atoms with Crippen molar-refractivity contribution in [1.29, 1.82) is 0 Å². The molecule has 62 heavy (non-hydrogen) atoms. The summed E-state index contributed by atoms with van der Waals surface area (Å²) in [6, 6.07) is 82.4. The second-order valence-corrected chi connectivity index (χ2v) is 15.9. The molecule has 4 nitrogen and oxygen atoms in total. The summed E-state index contributed by atoms with van der Waals surface area (Å²) in [6.07, 6.45) is 0. The fraction of sp³-hybridized carbons (Fsp3) is 0.0172. The standard InChI is InChI=1S/C58H38N4/c1-4-19-39(20-5-1)55-59-56(40-21-6-2-7-22-40)61-57(60-55)47-29-11-10-27-45(47)43-24-18-23-41(37-43)42-35-36-50-48(38-42)46-28-12-13-30-49(46)58(50)51-31-14-16-33-53(51)62(44-25-8-3-9-26-44)54-34-17-15-32-52(54)58/h1-38H. The number of fused-ring (bicyclic) bond motifs is 9. The zero-order chi connectivity index (χ0) is 41.0. The molecule has 0 bridgehead atoms. The van der Waals surface area contributed by atoms with Crippen LogP contribution in [0.5, 0.6) is 0 Å². The predicted octanol–water partition coefficient (Wildman–Crippen LogP) is 14.4. The Bertz CT molecular complexity index is 3200. The van der Waals surface area contributed by atoms with Gasteiger partial charge in [-0.25, -0.2) is 15.0 Å². The maximum absolute atomic E-state index is 5.10. The van der Waals surface area contributed by atoms with Crippen LogP contribution in [0, 0.1) is 0 Å². The van der Waals surface area contributed by atoms with E-state index in [-0.39, 0.29) is 0 Å². The van der Waals surface area contributed by atoms with Gasteiger partial charge in [0.2, 0.25) is 0 Å². The Kier molecular flexibility index (Phi) is 8.36. The molecule has 0 amide bonds. The molecule has 0 unspecified atom stereocenters. The minimum atomic E-state index is -0.495. The van der Waals surface area contributed by atoms with Crippen molar-refractivity contribution in [2.75, 3.05) is 4.90 Å². The van der Waals surface area contributed by atoms with E-state index in [4.69, 9.17) is 15.0 Å². The number of aromatic nitrogens is 3. The number of hydrogen-bond donors (Lipinski definition) is 0. The van der Waals surface area contributed by atoms with Crippen LogP contribution in [0.2, 0.25) is 0 Å². The molecule has 1 aliphatic heterocycles. The van der Waals surface area contributed by atoms with Crippen molar-refractivity contribution in [3.63, 3.8) is 0 Å². The average molecular weight is 791 g/mol. The number of para-hydroxylation sites is 3. The summed E-state index contributed by atoms with van der Waals surface area (Å²) in [4.78, 5) is 17.6. The summed E-state index contributed by atoms with van der Waals surface area (Å²) in [5.74, 6) is 1.92. The normalized spacial score (nSPS) is 12.9. The third-order valence-electron chi connectivity index (χ3n) is 12.5. The van der Waals surface area contributed by atoms with Gasteiger partial charge in [-0.3, -0.25) is 0 Å².